The van der Waals surface area contributed by atoms with Crippen LogP contribution in [-0.4, -0.2) is 47.6 Å². The van der Waals surface area contributed by atoms with Gasteiger partial charge in [0.1, 0.15) is 30.0 Å². The Bertz CT molecular complexity index is 1020. The second-order valence-electron chi connectivity index (χ2n) is 6.79. The molecule has 11 heteroatoms. The Morgan fingerprint density at radius 2 is 1.87 bits per heavy atom. The second-order valence-corrected chi connectivity index (χ2v) is 8.68. The maximum atomic E-state index is 13.7. The van der Waals surface area contributed by atoms with Crippen molar-refractivity contribution in [2.24, 2.45) is 0 Å². The van der Waals surface area contributed by atoms with Gasteiger partial charge < -0.3 is 9.84 Å². The number of β-amino-alcohol motifs (C(OH)–C–C–N with tert-alkyl or cyclic N) is 1. The Kier molecular flexibility index (Phi) is 6.66. The third-order valence-corrected chi connectivity index (χ3v) is 6.65. The van der Waals surface area contributed by atoms with Crippen LogP contribution >= 0.6 is 0 Å². The van der Waals surface area contributed by atoms with E-state index in [-0.39, 0.29) is 42.2 Å². The molecular weight excluding hydrogens is 422 g/mol. The number of nitrogens with one attached hydrogen (secondary N) is 1. The average molecular weight is 442 g/mol. The van der Waals surface area contributed by atoms with Gasteiger partial charge in [-0.2, -0.15) is 4.31 Å². The number of nitrogens with zero attached hydrogens (tertiary/aromatic N) is 1. The van der Waals surface area contributed by atoms with E-state index < -0.39 is 39.7 Å². The third kappa shape index (κ3) is 4.75. The molecular formula is C19H20F2N2O6S. The number of hydrogen-bond donors (Lipinski definition) is 3. The molecule has 1 fully saturated rings. The van der Waals surface area contributed by atoms with Gasteiger partial charge in [-0.15, -0.1) is 0 Å². The summed E-state index contributed by atoms with van der Waals surface area (Å²) in [4.78, 5) is 11.7. The molecule has 1 amide bonds. The van der Waals surface area contributed by atoms with Crippen molar-refractivity contribution < 1.29 is 37.0 Å². The van der Waals surface area contributed by atoms with Crippen molar-refractivity contribution in [2.75, 3.05) is 6.54 Å². The molecule has 1 saturated heterocycles. The van der Waals surface area contributed by atoms with Gasteiger partial charge in [0.25, 0.3) is 5.91 Å². The number of benzene rings is 2. The van der Waals surface area contributed by atoms with Crippen LogP contribution in [0.25, 0.3) is 0 Å². The Morgan fingerprint density at radius 3 is 2.53 bits per heavy atom. The summed E-state index contributed by atoms with van der Waals surface area (Å²) in [6, 6.07) is 6.97. The number of aliphatic hydroxyl groups excluding tert-OH is 1. The summed E-state index contributed by atoms with van der Waals surface area (Å²) in [6.45, 7) is -0.551. The zero-order chi connectivity index (χ0) is 21.9. The fourth-order valence-electron chi connectivity index (χ4n) is 3.18. The molecule has 3 rings (SSSR count). The van der Waals surface area contributed by atoms with Crippen LogP contribution < -0.4 is 10.2 Å². The number of amides is 1. The number of ether oxygens (including phenoxy) is 1. The van der Waals surface area contributed by atoms with Gasteiger partial charge in [0.15, 0.2) is 0 Å². The summed E-state index contributed by atoms with van der Waals surface area (Å²) < 4.78 is 59.0. The number of piperidine rings is 1. The van der Waals surface area contributed by atoms with Gasteiger partial charge in [0.2, 0.25) is 10.0 Å². The third-order valence-electron chi connectivity index (χ3n) is 4.76. The molecule has 2 unspecified atom stereocenters. The van der Waals surface area contributed by atoms with Gasteiger partial charge in [-0.1, -0.05) is 0 Å². The van der Waals surface area contributed by atoms with Gasteiger partial charge in [-0.25, -0.2) is 22.7 Å². The second kappa shape index (κ2) is 9.04. The van der Waals surface area contributed by atoms with Crippen LogP contribution in [0.1, 0.15) is 18.4 Å². The van der Waals surface area contributed by atoms with Crippen molar-refractivity contribution in [2.45, 2.75) is 36.5 Å². The molecule has 0 aliphatic carbocycles. The molecule has 2 atom stereocenters. The highest BCUT2D eigenvalue weighted by Crippen LogP contribution is 2.27. The highest BCUT2D eigenvalue weighted by atomic mass is 32.2. The predicted molar refractivity (Wildman–Crippen MR) is 100.0 cm³/mol. The molecule has 1 aliphatic heterocycles. The number of rotatable bonds is 6. The summed E-state index contributed by atoms with van der Waals surface area (Å²) >= 11 is 0. The van der Waals surface area contributed by atoms with Crippen LogP contribution in [-0.2, 0) is 21.4 Å². The number of hydrogen-bond acceptors (Lipinski definition) is 6. The van der Waals surface area contributed by atoms with E-state index in [2.05, 4.69) is 0 Å². The number of hydroxylamine groups is 1. The van der Waals surface area contributed by atoms with E-state index in [9.17, 15) is 27.1 Å². The van der Waals surface area contributed by atoms with Crippen molar-refractivity contribution in [3.05, 3.63) is 59.7 Å². The lowest BCUT2D eigenvalue weighted by Crippen LogP contribution is -2.54. The molecule has 1 aliphatic rings. The number of carbonyl (C=O) groups is 1. The van der Waals surface area contributed by atoms with E-state index in [0.29, 0.717) is 0 Å². The van der Waals surface area contributed by atoms with Crippen molar-refractivity contribution >= 4 is 15.9 Å². The molecule has 0 bridgehead atoms. The lowest BCUT2D eigenvalue weighted by molar-refractivity contribution is -0.135. The van der Waals surface area contributed by atoms with Gasteiger partial charge in [0, 0.05) is 12.1 Å². The van der Waals surface area contributed by atoms with Crippen LogP contribution in [0.3, 0.4) is 0 Å². The van der Waals surface area contributed by atoms with E-state index in [1.807, 2.05) is 0 Å². The molecule has 2 aromatic carbocycles. The number of carbonyl (C=O) groups excluding carboxylic acids is 1. The van der Waals surface area contributed by atoms with Crippen LogP contribution in [0, 0.1) is 11.6 Å². The Morgan fingerprint density at radius 1 is 1.17 bits per heavy atom. The smallest absolute Gasteiger partial charge is 0.261 e. The summed E-state index contributed by atoms with van der Waals surface area (Å²) in [7, 11) is -4.16. The van der Waals surface area contributed by atoms with Gasteiger partial charge in [0.05, 0.1) is 11.0 Å². The standard InChI is InChI=1S/C19H20F2N2O6S/c20-13-1-7-17(21)12(9-13)11-29-15-3-5-16(6-4-15)30(27,28)23-10-14(24)2-8-18(23)19(25)22-26/h1,3-7,9,14,18,24,26H,2,8,10-11H2,(H,22,25). The lowest BCUT2D eigenvalue weighted by atomic mass is 10.0. The Balaban J connectivity index is 1.76. The normalized spacial score (nSPS) is 20.0. The van der Waals surface area contributed by atoms with Crippen molar-refractivity contribution in [1.29, 1.82) is 0 Å². The predicted octanol–water partition coefficient (Wildman–Crippen LogP) is 1.56. The fourth-order valence-corrected chi connectivity index (χ4v) is 4.84. The van der Waals surface area contributed by atoms with E-state index in [4.69, 9.17) is 9.94 Å². The van der Waals surface area contributed by atoms with Gasteiger partial charge in [-0.05, 0) is 55.3 Å². The van der Waals surface area contributed by atoms with Gasteiger partial charge in [-0.3, -0.25) is 10.0 Å². The summed E-state index contributed by atoms with van der Waals surface area (Å²) in [5.74, 6) is -1.91. The Hall–Kier alpha value is -2.60. The van der Waals surface area contributed by atoms with E-state index >= 15 is 0 Å². The monoisotopic (exact) mass is 442 g/mol. The molecule has 162 valence electrons. The summed E-state index contributed by atoms with van der Waals surface area (Å²) in [5, 5.41) is 18.7. The highest BCUT2D eigenvalue weighted by molar-refractivity contribution is 7.89. The van der Waals surface area contributed by atoms with Crippen molar-refractivity contribution in [1.82, 2.24) is 9.79 Å². The first-order valence-corrected chi connectivity index (χ1v) is 10.5. The highest BCUT2D eigenvalue weighted by Gasteiger charge is 2.40. The van der Waals surface area contributed by atoms with E-state index in [1.165, 1.54) is 29.7 Å². The zero-order valence-electron chi connectivity index (χ0n) is 15.7. The molecule has 0 aromatic heterocycles. The minimum atomic E-state index is -4.16. The van der Waals surface area contributed by atoms with Crippen LogP contribution in [0.2, 0.25) is 0 Å². The minimum absolute atomic E-state index is 0.00635. The topological polar surface area (TPSA) is 116 Å². The lowest BCUT2D eigenvalue weighted by Gasteiger charge is -2.35. The SMILES string of the molecule is O=C(NO)C1CCC(O)CN1S(=O)(=O)c1ccc(OCc2cc(F)ccc2F)cc1. The van der Waals surface area contributed by atoms with Crippen LogP contribution in [0.15, 0.2) is 47.4 Å². The minimum Gasteiger partial charge on any atom is -0.489 e. The average Bonchev–Trinajstić information content (AvgIpc) is 2.74. The molecule has 8 nitrogen and oxygen atoms in total. The van der Waals surface area contributed by atoms with E-state index in [1.54, 1.807) is 0 Å². The van der Waals surface area contributed by atoms with Crippen LogP contribution in [0.5, 0.6) is 5.75 Å². The molecule has 30 heavy (non-hydrogen) atoms. The quantitative estimate of drug-likeness (QED) is 0.462. The first-order chi connectivity index (χ1) is 14.2. The maximum Gasteiger partial charge on any atom is 0.261 e. The maximum absolute atomic E-state index is 13.7. The number of aliphatic hydroxyl groups is 1. The molecule has 0 spiro atoms. The molecule has 2 aromatic rings. The molecule has 1 heterocycles. The molecule has 0 saturated carbocycles. The first kappa shape index (κ1) is 22.1. The largest absolute Gasteiger partial charge is 0.489 e. The van der Waals surface area contributed by atoms with Crippen LogP contribution in [0.4, 0.5) is 8.78 Å². The van der Waals surface area contributed by atoms with Gasteiger partial charge >= 0.3 is 0 Å². The zero-order valence-corrected chi connectivity index (χ0v) is 16.5. The van der Waals surface area contributed by atoms with Crippen molar-refractivity contribution in [3.63, 3.8) is 0 Å². The van der Waals surface area contributed by atoms with E-state index in [0.717, 1.165) is 22.5 Å². The van der Waals surface area contributed by atoms with Crippen molar-refractivity contribution in [3.8, 4) is 5.75 Å². The summed E-state index contributed by atoms with van der Waals surface area (Å²) in [5.41, 5.74) is 1.46. The number of halogens is 2. The molecule has 0 radical (unpaired) electrons. The Labute approximate surface area is 171 Å². The fraction of sp³-hybridized carbons (Fsp3) is 0.316. The molecule has 3 N–H and O–H groups in total. The first-order valence-electron chi connectivity index (χ1n) is 9.03. The number of sulfonamides is 1. The summed E-state index contributed by atoms with van der Waals surface area (Å²) in [6.07, 6.45) is -0.674.